The Kier molecular flexibility index (Phi) is 2.81. The molecule has 0 spiro atoms. The second kappa shape index (κ2) is 5.13. The molecule has 5 heterocycles. The number of aromatic amines is 2. The molecule has 7 nitrogen and oxygen atoms in total. The smallest absolute Gasteiger partial charge is 0.116 e. The summed E-state index contributed by atoms with van der Waals surface area (Å²) >= 11 is 0. The molecular formula is C18H13N7. The average molecular weight is 327 g/mol. The Balaban J connectivity index is 1.70. The molecule has 0 amide bonds. The van der Waals surface area contributed by atoms with E-state index in [0.29, 0.717) is 5.69 Å². The van der Waals surface area contributed by atoms with Gasteiger partial charge in [0.15, 0.2) is 0 Å². The lowest BCUT2D eigenvalue weighted by Crippen LogP contribution is -1.89. The maximum absolute atomic E-state index is 5.83. The van der Waals surface area contributed by atoms with Gasteiger partial charge >= 0.3 is 0 Å². The van der Waals surface area contributed by atoms with Gasteiger partial charge in [0.05, 0.1) is 28.8 Å². The minimum Gasteiger partial charge on any atom is -0.397 e. The van der Waals surface area contributed by atoms with E-state index in [1.165, 1.54) is 0 Å². The highest BCUT2D eigenvalue weighted by Crippen LogP contribution is 2.30. The molecule has 0 aromatic carbocycles. The van der Waals surface area contributed by atoms with Gasteiger partial charge in [-0.25, -0.2) is 0 Å². The monoisotopic (exact) mass is 327 g/mol. The first kappa shape index (κ1) is 13.7. The highest BCUT2D eigenvalue weighted by atomic mass is 15.1. The van der Waals surface area contributed by atoms with Gasteiger partial charge in [0, 0.05) is 46.6 Å². The average Bonchev–Trinajstić information content (AvgIpc) is 3.24. The minimum absolute atomic E-state index is 0.606. The Hall–Kier alpha value is -3.74. The van der Waals surface area contributed by atoms with E-state index >= 15 is 0 Å². The fourth-order valence-electron chi connectivity index (χ4n) is 2.98. The predicted octanol–water partition coefficient (Wildman–Crippen LogP) is 3.15. The van der Waals surface area contributed by atoms with Gasteiger partial charge in [0.25, 0.3) is 0 Å². The molecule has 25 heavy (non-hydrogen) atoms. The molecule has 120 valence electrons. The molecule has 0 fully saturated rings. The van der Waals surface area contributed by atoms with Crippen LogP contribution < -0.4 is 5.73 Å². The third kappa shape index (κ3) is 2.21. The van der Waals surface area contributed by atoms with E-state index < -0.39 is 0 Å². The van der Waals surface area contributed by atoms with Crippen LogP contribution in [-0.2, 0) is 0 Å². The molecule has 5 aromatic rings. The standard InChI is InChI=1S/C18H13N7/c19-12-3-10(7-21-8-12)15-5-13-17(9-22-15)24-25-18(13)16-4-11-6-20-2-1-14(11)23-16/h1-9,23H,19H2,(H,24,25). The van der Waals surface area contributed by atoms with Crippen LogP contribution in [0.25, 0.3) is 44.5 Å². The largest absolute Gasteiger partial charge is 0.397 e. The molecule has 0 saturated heterocycles. The number of nitrogens with zero attached hydrogens (tertiary/aromatic N) is 4. The topological polar surface area (TPSA) is 109 Å². The van der Waals surface area contributed by atoms with Crippen molar-refractivity contribution in [3.05, 3.63) is 55.2 Å². The number of aromatic nitrogens is 6. The number of pyridine rings is 3. The zero-order valence-electron chi connectivity index (χ0n) is 13.1. The Morgan fingerprint density at radius 1 is 0.920 bits per heavy atom. The van der Waals surface area contributed by atoms with E-state index in [4.69, 9.17) is 5.73 Å². The number of anilines is 1. The van der Waals surface area contributed by atoms with Crippen LogP contribution in [0.1, 0.15) is 0 Å². The number of nitrogens with one attached hydrogen (secondary N) is 2. The second-order valence-corrected chi connectivity index (χ2v) is 5.84. The molecule has 0 aliphatic heterocycles. The van der Waals surface area contributed by atoms with Crippen LogP contribution in [-0.4, -0.2) is 30.1 Å². The zero-order valence-corrected chi connectivity index (χ0v) is 13.1. The summed E-state index contributed by atoms with van der Waals surface area (Å²) < 4.78 is 0. The quantitative estimate of drug-likeness (QED) is 0.461. The van der Waals surface area contributed by atoms with Gasteiger partial charge in [-0.2, -0.15) is 5.10 Å². The van der Waals surface area contributed by atoms with Crippen molar-refractivity contribution >= 4 is 27.5 Å². The summed E-state index contributed by atoms with van der Waals surface area (Å²) in [6, 6.07) is 7.84. The highest BCUT2D eigenvalue weighted by Gasteiger charge is 2.13. The highest BCUT2D eigenvalue weighted by molar-refractivity contribution is 5.96. The molecule has 0 radical (unpaired) electrons. The SMILES string of the molecule is Nc1cncc(-c2cc3c(-c4cc5cnccc5[nH]4)n[nH]c3cn2)c1. The van der Waals surface area contributed by atoms with E-state index in [9.17, 15) is 0 Å². The number of hydrogen-bond donors (Lipinski definition) is 3. The Labute approximate surface area is 142 Å². The number of rotatable bonds is 2. The van der Waals surface area contributed by atoms with E-state index in [-0.39, 0.29) is 0 Å². The molecular weight excluding hydrogens is 314 g/mol. The molecule has 7 heteroatoms. The Morgan fingerprint density at radius 2 is 1.88 bits per heavy atom. The summed E-state index contributed by atoms with van der Waals surface area (Å²) in [5, 5.41) is 9.51. The molecule has 0 unspecified atom stereocenters. The normalized spacial score (nSPS) is 11.4. The molecule has 0 aliphatic rings. The summed E-state index contributed by atoms with van der Waals surface area (Å²) in [6.45, 7) is 0. The maximum Gasteiger partial charge on any atom is 0.116 e. The summed E-state index contributed by atoms with van der Waals surface area (Å²) in [4.78, 5) is 16.2. The first-order valence-corrected chi connectivity index (χ1v) is 7.76. The molecule has 0 aliphatic carbocycles. The van der Waals surface area contributed by atoms with Crippen molar-refractivity contribution in [2.24, 2.45) is 0 Å². The second-order valence-electron chi connectivity index (χ2n) is 5.84. The first-order valence-electron chi connectivity index (χ1n) is 7.76. The molecule has 0 saturated carbocycles. The van der Waals surface area contributed by atoms with E-state index in [1.807, 2.05) is 30.5 Å². The maximum atomic E-state index is 5.83. The lowest BCUT2D eigenvalue weighted by atomic mass is 10.1. The number of H-pyrrole nitrogens is 2. The van der Waals surface area contributed by atoms with Crippen molar-refractivity contribution in [2.45, 2.75) is 0 Å². The fraction of sp³-hybridized carbons (Fsp3) is 0. The van der Waals surface area contributed by atoms with Crippen molar-refractivity contribution in [3.8, 4) is 22.6 Å². The van der Waals surface area contributed by atoms with E-state index in [1.54, 1.807) is 24.8 Å². The van der Waals surface area contributed by atoms with Crippen LogP contribution in [0.2, 0.25) is 0 Å². The van der Waals surface area contributed by atoms with Crippen molar-refractivity contribution < 1.29 is 0 Å². The summed E-state index contributed by atoms with van der Waals surface area (Å²) in [7, 11) is 0. The van der Waals surface area contributed by atoms with Gasteiger partial charge in [-0.05, 0) is 24.3 Å². The van der Waals surface area contributed by atoms with Gasteiger partial charge in [0.1, 0.15) is 5.69 Å². The van der Waals surface area contributed by atoms with Crippen LogP contribution in [0.15, 0.2) is 55.2 Å². The lowest BCUT2D eigenvalue weighted by Gasteiger charge is -2.02. The van der Waals surface area contributed by atoms with E-state index in [2.05, 4.69) is 30.1 Å². The Bertz CT molecular complexity index is 1190. The van der Waals surface area contributed by atoms with Crippen molar-refractivity contribution in [1.82, 2.24) is 30.1 Å². The molecule has 5 rings (SSSR count). The van der Waals surface area contributed by atoms with Crippen molar-refractivity contribution in [1.29, 1.82) is 0 Å². The number of nitrogen functional groups attached to an aromatic ring is 1. The third-order valence-electron chi connectivity index (χ3n) is 4.18. The van der Waals surface area contributed by atoms with Gasteiger partial charge in [-0.3, -0.25) is 20.1 Å². The summed E-state index contributed by atoms with van der Waals surface area (Å²) in [6.07, 6.45) is 8.73. The summed E-state index contributed by atoms with van der Waals surface area (Å²) in [5.41, 5.74) is 11.8. The minimum atomic E-state index is 0.606. The third-order valence-corrected chi connectivity index (χ3v) is 4.18. The molecule has 4 N–H and O–H groups in total. The van der Waals surface area contributed by atoms with Crippen molar-refractivity contribution in [2.75, 3.05) is 5.73 Å². The van der Waals surface area contributed by atoms with Crippen LogP contribution in [0.3, 0.4) is 0 Å². The lowest BCUT2D eigenvalue weighted by molar-refractivity contribution is 1.11. The summed E-state index contributed by atoms with van der Waals surface area (Å²) in [5.74, 6) is 0. The molecule has 0 atom stereocenters. The van der Waals surface area contributed by atoms with Crippen LogP contribution in [0.4, 0.5) is 5.69 Å². The number of fused-ring (bicyclic) bond motifs is 2. The van der Waals surface area contributed by atoms with Crippen LogP contribution in [0.5, 0.6) is 0 Å². The van der Waals surface area contributed by atoms with Crippen LogP contribution >= 0.6 is 0 Å². The fourth-order valence-corrected chi connectivity index (χ4v) is 2.98. The van der Waals surface area contributed by atoms with Crippen LogP contribution in [0, 0.1) is 0 Å². The molecule has 5 aromatic heterocycles. The van der Waals surface area contributed by atoms with Crippen molar-refractivity contribution in [3.63, 3.8) is 0 Å². The van der Waals surface area contributed by atoms with Gasteiger partial charge in [-0.15, -0.1) is 0 Å². The Morgan fingerprint density at radius 3 is 2.76 bits per heavy atom. The number of nitrogens with two attached hydrogens (primary N) is 1. The van der Waals surface area contributed by atoms with E-state index in [0.717, 1.165) is 44.5 Å². The molecule has 0 bridgehead atoms. The van der Waals surface area contributed by atoms with Gasteiger partial charge < -0.3 is 10.7 Å². The zero-order chi connectivity index (χ0) is 16.8. The first-order chi connectivity index (χ1) is 12.3. The van der Waals surface area contributed by atoms with Gasteiger partial charge in [-0.1, -0.05) is 0 Å². The van der Waals surface area contributed by atoms with Gasteiger partial charge in [0.2, 0.25) is 0 Å². The number of hydrogen-bond acceptors (Lipinski definition) is 5. The predicted molar refractivity (Wildman–Crippen MR) is 96.6 cm³/mol.